The molecular formula is C21H22N2O4. The molecule has 1 heterocycles. The van der Waals surface area contributed by atoms with Gasteiger partial charge < -0.3 is 9.47 Å². The third-order valence-electron chi connectivity index (χ3n) is 4.63. The van der Waals surface area contributed by atoms with Crippen LogP contribution in [0, 0.1) is 13.8 Å². The number of fused-ring (bicyclic) bond motifs is 1. The largest absolute Gasteiger partial charge is 0.496 e. The number of carbonyl (C=O) groups is 1. The van der Waals surface area contributed by atoms with Crippen LogP contribution in [0.25, 0.3) is 10.8 Å². The third-order valence-corrected chi connectivity index (χ3v) is 4.63. The van der Waals surface area contributed by atoms with Gasteiger partial charge in [0.25, 0.3) is 5.56 Å². The van der Waals surface area contributed by atoms with Gasteiger partial charge in [0.15, 0.2) is 0 Å². The molecule has 0 fully saturated rings. The SMILES string of the molecule is CCOC(=O)c1c(C)cc2c(Cc3ccccc3OC)n[nH]c(=O)c2c1C. The molecule has 0 amide bonds. The summed E-state index contributed by atoms with van der Waals surface area (Å²) < 4.78 is 10.6. The summed E-state index contributed by atoms with van der Waals surface area (Å²) in [6.07, 6.45) is 0.495. The van der Waals surface area contributed by atoms with E-state index in [0.29, 0.717) is 22.9 Å². The summed E-state index contributed by atoms with van der Waals surface area (Å²) in [5, 5.41) is 8.01. The van der Waals surface area contributed by atoms with Gasteiger partial charge in [-0.25, -0.2) is 9.89 Å². The maximum Gasteiger partial charge on any atom is 0.338 e. The van der Waals surface area contributed by atoms with Crippen molar-refractivity contribution in [1.29, 1.82) is 0 Å². The molecule has 3 aromatic rings. The van der Waals surface area contributed by atoms with Crippen molar-refractivity contribution < 1.29 is 14.3 Å². The fourth-order valence-electron chi connectivity index (χ4n) is 3.42. The molecule has 0 spiro atoms. The minimum atomic E-state index is -0.420. The van der Waals surface area contributed by atoms with E-state index in [2.05, 4.69) is 10.2 Å². The lowest BCUT2D eigenvalue weighted by Gasteiger charge is -2.14. The molecule has 27 heavy (non-hydrogen) atoms. The second-order valence-electron chi connectivity index (χ2n) is 6.32. The van der Waals surface area contributed by atoms with Crippen molar-refractivity contribution in [3.05, 3.63) is 68.6 Å². The third kappa shape index (κ3) is 3.43. The Hall–Kier alpha value is -3.15. The van der Waals surface area contributed by atoms with E-state index >= 15 is 0 Å². The van der Waals surface area contributed by atoms with E-state index in [9.17, 15) is 9.59 Å². The number of para-hydroxylation sites is 1. The second kappa shape index (κ2) is 7.61. The number of aryl methyl sites for hydroxylation is 2. The van der Waals surface area contributed by atoms with Gasteiger partial charge in [-0.1, -0.05) is 18.2 Å². The van der Waals surface area contributed by atoms with Crippen LogP contribution < -0.4 is 10.3 Å². The number of nitrogens with one attached hydrogen (secondary N) is 1. The number of benzene rings is 2. The summed E-state index contributed by atoms with van der Waals surface area (Å²) >= 11 is 0. The van der Waals surface area contributed by atoms with E-state index in [1.807, 2.05) is 37.3 Å². The van der Waals surface area contributed by atoms with E-state index in [-0.39, 0.29) is 12.2 Å². The van der Waals surface area contributed by atoms with Crippen molar-refractivity contribution >= 4 is 16.7 Å². The highest BCUT2D eigenvalue weighted by molar-refractivity contribution is 6.00. The lowest BCUT2D eigenvalue weighted by Crippen LogP contribution is -2.17. The number of hydrogen-bond acceptors (Lipinski definition) is 5. The Morgan fingerprint density at radius 3 is 2.67 bits per heavy atom. The molecule has 1 N–H and O–H groups in total. The lowest BCUT2D eigenvalue weighted by molar-refractivity contribution is 0.0525. The topological polar surface area (TPSA) is 81.3 Å². The maximum absolute atomic E-state index is 12.5. The Morgan fingerprint density at radius 2 is 1.96 bits per heavy atom. The fourth-order valence-corrected chi connectivity index (χ4v) is 3.42. The molecule has 1 aromatic heterocycles. The van der Waals surface area contributed by atoms with Crippen LogP contribution in [0.2, 0.25) is 0 Å². The quantitative estimate of drug-likeness (QED) is 0.701. The van der Waals surface area contributed by atoms with Crippen molar-refractivity contribution in [1.82, 2.24) is 10.2 Å². The lowest BCUT2D eigenvalue weighted by atomic mass is 9.94. The number of aromatic nitrogens is 2. The number of H-pyrrole nitrogens is 1. The number of aromatic amines is 1. The van der Waals surface area contributed by atoms with Crippen molar-refractivity contribution in [2.75, 3.05) is 13.7 Å². The van der Waals surface area contributed by atoms with Gasteiger partial charge in [0.1, 0.15) is 5.75 Å². The van der Waals surface area contributed by atoms with Gasteiger partial charge in [0, 0.05) is 17.4 Å². The van der Waals surface area contributed by atoms with Gasteiger partial charge >= 0.3 is 5.97 Å². The number of nitrogens with zero attached hydrogens (tertiary/aromatic N) is 1. The molecule has 0 atom stereocenters. The van der Waals surface area contributed by atoms with Crippen LogP contribution in [0.15, 0.2) is 35.1 Å². The summed E-state index contributed by atoms with van der Waals surface area (Å²) in [4.78, 5) is 24.8. The van der Waals surface area contributed by atoms with E-state index < -0.39 is 5.97 Å². The first kappa shape index (κ1) is 18.6. The molecule has 0 bridgehead atoms. The molecule has 2 aromatic carbocycles. The first-order valence-electron chi connectivity index (χ1n) is 8.78. The van der Waals surface area contributed by atoms with Crippen LogP contribution in [0.3, 0.4) is 0 Å². The molecule has 6 heteroatoms. The molecule has 0 unspecified atom stereocenters. The summed E-state index contributed by atoms with van der Waals surface area (Å²) in [6.45, 7) is 5.64. The Morgan fingerprint density at radius 1 is 1.22 bits per heavy atom. The fraction of sp³-hybridized carbons (Fsp3) is 0.286. The van der Waals surface area contributed by atoms with Gasteiger partial charge in [0.2, 0.25) is 0 Å². The zero-order valence-electron chi connectivity index (χ0n) is 15.9. The summed E-state index contributed by atoms with van der Waals surface area (Å²) in [5.41, 5.74) is 3.16. The minimum absolute atomic E-state index is 0.279. The highest BCUT2D eigenvalue weighted by atomic mass is 16.5. The Kier molecular flexibility index (Phi) is 5.26. The maximum atomic E-state index is 12.5. The average molecular weight is 366 g/mol. The van der Waals surface area contributed by atoms with Crippen LogP contribution in [-0.2, 0) is 11.2 Å². The Labute approximate surface area is 157 Å². The molecular weight excluding hydrogens is 344 g/mol. The van der Waals surface area contributed by atoms with Crippen LogP contribution in [0.4, 0.5) is 0 Å². The molecule has 0 aliphatic carbocycles. The number of ether oxygens (including phenoxy) is 2. The molecule has 140 valence electrons. The molecule has 0 aliphatic heterocycles. The summed E-state index contributed by atoms with van der Waals surface area (Å²) in [6, 6.07) is 9.52. The van der Waals surface area contributed by atoms with Crippen molar-refractivity contribution in [3.63, 3.8) is 0 Å². The predicted octanol–water partition coefficient (Wildman–Crippen LogP) is 3.32. The second-order valence-corrected chi connectivity index (χ2v) is 6.32. The predicted molar refractivity (Wildman–Crippen MR) is 104 cm³/mol. The normalized spacial score (nSPS) is 10.8. The number of esters is 1. The summed E-state index contributed by atoms with van der Waals surface area (Å²) in [5.74, 6) is 0.340. The first-order chi connectivity index (χ1) is 13.0. The van der Waals surface area contributed by atoms with Crippen LogP contribution >= 0.6 is 0 Å². The Bertz CT molecular complexity index is 1070. The molecule has 0 saturated heterocycles. The van der Waals surface area contributed by atoms with E-state index in [0.717, 1.165) is 28.0 Å². The number of rotatable bonds is 5. The van der Waals surface area contributed by atoms with E-state index in [1.165, 1.54) is 0 Å². The molecule has 3 rings (SSSR count). The van der Waals surface area contributed by atoms with Crippen molar-refractivity contribution in [2.45, 2.75) is 27.2 Å². The minimum Gasteiger partial charge on any atom is -0.496 e. The molecule has 0 aliphatic rings. The smallest absolute Gasteiger partial charge is 0.338 e. The standard InChI is InChI=1S/C21H22N2O4/c1-5-27-21(25)18-12(2)10-15-16(22-23-20(24)19(15)13(18)3)11-14-8-6-7-9-17(14)26-4/h6-10H,5,11H2,1-4H3,(H,23,24). The zero-order valence-corrected chi connectivity index (χ0v) is 15.9. The van der Waals surface area contributed by atoms with E-state index in [1.54, 1.807) is 21.0 Å². The number of carbonyl (C=O) groups excluding carboxylic acids is 1. The van der Waals surface area contributed by atoms with Gasteiger partial charge in [-0.15, -0.1) is 0 Å². The van der Waals surface area contributed by atoms with E-state index in [4.69, 9.17) is 9.47 Å². The highest BCUT2D eigenvalue weighted by Crippen LogP contribution is 2.28. The van der Waals surface area contributed by atoms with Gasteiger partial charge in [-0.3, -0.25) is 4.79 Å². The van der Waals surface area contributed by atoms with Crippen molar-refractivity contribution in [2.24, 2.45) is 0 Å². The number of hydrogen-bond donors (Lipinski definition) is 1. The zero-order chi connectivity index (χ0) is 19.6. The van der Waals surface area contributed by atoms with Crippen LogP contribution in [-0.4, -0.2) is 29.9 Å². The van der Waals surface area contributed by atoms with Gasteiger partial charge in [-0.05, 0) is 44.0 Å². The number of methoxy groups -OCH3 is 1. The Balaban J connectivity index is 2.21. The van der Waals surface area contributed by atoms with Crippen LogP contribution in [0.5, 0.6) is 5.75 Å². The first-order valence-corrected chi connectivity index (χ1v) is 8.78. The van der Waals surface area contributed by atoms with Gasteiger partial charge in [-0.2, -0.15) is 5.10 Å². The average Bonchev–Trinajstić information content (AvgIpc) is 2.64. The van der Waals surface area contributed by atoms with Crippen LogP contribution in [0.1, 0.15) is 39.7 Å². The monoisotopic (exact) mass is 366 g/mol. The van der Waals surface area contributed by atoms with Crippen molar-refractivity contribution in [3.8, 4) is 5.75 Å². The molecule has 6 nitrogen and oxygen atoms in total. The molecule has 0 saturated carbocycles. The van der Waals surface area contributed by atoms with Gasteiger partial charge in [0.05, 0.1) is 30.4 Å². The summed E-state index contributed by atoms with van der Waals surface area (Å²) in [7, 11) is 1.62. The molecule has 0 radical (unpaired) electrons. The highest BCUT2D eigenvalue weighted by Gasteiger charge is 2.20.